The Labute approximate surface area is 178 Å². The molecule has 0 unspecified atom stereocenters. The van der Waals surface area contributed by atoms with Crippen molar-refractivity contribution in [3.05, 3.63) is 52.8 Å². The Morgan fingerprint density at radius 2 is 2.07 bits per heavy atom. The number of aromatic nitrogens is 4. The van der Waals surface area contributed by atoms with E-state index < -0.39 is 0 Å². The van der Waals surface area contributed by atoms with E-state index in [0.29, 0.717) is 17.9 Å². The number of benzene rings is 1. The van der Waals surface area contributed by atoms with Crippen molar-refractivity contribution in [3.63, 3.8) is 0 Å². The van der Waals surface area contributed by atoms with Gasteiger partial charge in [-0.1, -0.05) is 30.3 Å². The second kappa shape index (κ2) is 7.76. The van der Waals surface area contributed by atoms with E-state index in [-0.39, 0.29) is 5.82 Å². The Hall–Kier alpha value is -3.44. The molecule has 5 rings (SSSR count). The van der Waals surface area contributed by atoms with Crippen molar-refractivity contribution >= 4 is 33.2 Å². The maximum atomic E-state index is 9.22. The molecule has 1 aliphatic carbocycles. The lowest BCUT2D eigenvalue weighted by atomic mass is 10.1. The lowest BCUT2D eigenvalue weighted by Gasteiger charge is -2.10. The second-order valence-corrected chi connectivity index (χ2v) is 8.36. The van der Waals surface area contributed by atoms with Crippen LogP contribution in [0.15, 0.2) is 35.7 Å². The molecule has 3 aromatic heterocycles. The van der Waals surface area contributed by atoms with E-state index in [1.807, 2.05) is 18.2 Å². The number of hydrogen-bond acceptors (Lipinski definition) is 7. The Balaban J connectivity index is 1.40. The standard InChI is InChI=1S/C22H21N7S/c23-11-15-17(28-29-19(15)24)7-4-10-25-21-18-16(13-5-2-1-3-6-13)12-30-22(18)27-20(26-21)14-8-9-14/h1-3,5-6,12,14H,4,7-10H2,(H3,24,28,29)(H,25,26,27). The molecule has 8 heteroatoms. The normalized spacial score (nSPS) is 13.4. The highest BCUT2D eigenvalue weighted by Crippen LogP contribution is 2.42. The van der Waals surface area contributed by atoms with Crippen LogP contribution in [0.5, 0.6) is 0 Å². The van der Waals surface area contributed by atoms with Crippen LogP contribution in [0.1, 0.15) is 42.3 Å². The van der Waals surface area contributed by atoms with Gasteiger partial charge in [0.05, 0.1) is 11.1 Å². The number of fused-ring (bicyclic) bond motifs is 1. The second-order valence-electron chi connectivity index (χ2n) is 7.50. The van der Waals surface area contributed by atoms with E-state index in [1.54, 1.807) is 11.3 Å². The smallest absolute Gasteiger partial charge is 0.163 e. The molecule has 3 heterocycles. The first kappa shape index (κ1) is 18.6. The van der Waals surface area contributed by atoms with Crippen LogP contribution in [0.25, 0.3) is 21.3 Å². The molecule has 1 fully saturated rings. The van der Waals surface area contributed by atoms with Gasteiger partial charge in [0.15, 0.2) is 5.82 Å². The molecule has 0 saturated heterocycles. The molecule has 0 bridgehead atoms. The number of aromatic amines is 1. The van der Waals surface area contributed by atoms with E-state index in [4.69, 9.17) is 15.7 Å². The van der Waals surface area contributed by atoms with Gasteiger partial charge in [-0.3, -0.25) is 5.10 Å². The van der Waals surface area contributed by atoms with Gasteiger partial charge in [0, 0.05) is 23.4 Å². The number of rotatable bonds is 7. The van der Waals surface area contributed by atoms with Gasteiger partial charge < -0.3 is 11.1 Å². The first-order valence-corrected chi connectivity index (χ1v) is 10.9. The summed E-state index contributed by atoms with van der Waals surface area (Å²) in [6.07, 6.45) is 3.85. The first-order valence-electron chi connectivity index (χ1n) is 10.1. The minimum Gasteiger partial charge on any atom is -0.381 e. The minimum atomic E-state index is 0.262. The number of nitriles is 1. The third-order valence-corrected chi connectivity index (χ3v) is 6.23. The number of hydrogen-bond donors (Lipinski definition) is 3. The molecule has 4 N–H and O–H groups in total. The fraction of sp³-hybridized carbons (Fsp3) is 0.273. The third kappa shape index (κ3) is 3.48. The first-order chi connectivity index (χ1) is 14.7. The summed E-state index contributed by atoms with van der Waals surface area (Å²) in [7, 11) is 0. The third-order valence-electron chi connectivity index (χ3n) is 5.36. The van der Waals surface area contributed by atoms with Crippen molar-refractivity contribution in [2.45, 2.75) is 31.6 Å². The molecule has 1 aliphatic rings. The minimum absolute atomic E-state index is 0.262. The zero-order valence-corrected chi connectivity index (χ0v) is 17.2. The van der Waals surface area contributed by atoms with E-state index in [9.17, 15) is 5.26 Å². The summed E-state index contributed by atoms with van der Waals surface area (Å²) >= 11 is 1.67. The van der Waals surface area contributed by atoms with Crippen LogP contribution < -0.4 is 11.1 Å². The number of H-pyrrole nitrogens is 1. The van der Waals surface area contributed by atoms with Crippen LogP contribution in [-0.4, -0.2) is 26.7 Å². The summed E-state index contributed by atoms with van der Waals surface area (Å²) < 4.78 is 0. The number of thiophene rings is 1. The molecule has 0 atom stereocenters. The zero-order valence-electron chi connectivity index (χ0n) is 16.4. The molecule has 150 valence electrons. The van der Waals surface area contributed by atoms with Crippen molar-refractivity contribution in [2.24, 2.45) is 0 Å². The lowest BCUT2D eigenvalue weighted by molar-refractivity contribution is 0.821. The monoisotopic (exact) mass is 415 g/mol. The van der Waals surface area contributed by atoms with Gasteiger partial charge in [0.2, 0.25) is 0 Å². The number of nitrogens with zero attached hydrogens (tertiary/aromatic N) is 4. The summed E-state index contributed by atoms with van der Waals surface area (Å²) in [5.41, 5.74) is 9.28. The van der Waals surface area contributed by atoms with E-state index in [1.165, 1.54) is 18.4 Å². The van der Waals surface area contributed by atoms with Crippen LogP contribution in [-0.2, 0) is 6.42 Å². The quantitative estimate of drug-likeness (QED) is 0.384. The fourth-order valence-corrected chi connectivity index (χ4v) is 4.57. The maximum Gasteiger partial charge on any atom is 0.163 e. The highest BCUT2D eigenvalue weighted by molar-refractivity contribution is 7.17. The van der Waals surface area contributed by atoms with Gasteiger partial charge in [0.1, 0.15) is 28.1 Å². The summed E-state index contributed by atoms with van der Waals surface area (Å²) in [6.45, 7) is 0.726. The number of anilines is 2. The highest BCUT2D eigenvalue weighted by Gasteiger charge is 2.28. The molecule has 0 radical (unpaired) electrons. The Kier molecular flexibility index (Phi) is 4.81. The van der Waals surface area contributed by atoms with Gasteiger partial charge in [0.25, 0.3) is 0 Å². The van der Waals surface area contributed by atoms with E-state index >= 15 is 0 Å². The molecule has 0 spiro atoms. The molecular weight excluding hydrogens is 394 g/mol. The number of nitrogens with two attached hydrogens (primary N) is 1. The molecule has 1 aromatic carbocycles. The van der Waals surface area contributed by atoms with Crippen molar-refractivity contribution in [3.8, 4) is 17.2 Å². The van der Waals surface area contributed by atoms with Crippen LogP contribution >= 0.6 is 11.3 Å². The van der Waals surface area contributed by atoms with E-state index in [0.717, 1.165) is 46.1 Å². The topological polar surface area (TPSA) is 116 Å². The molecular formula is C22H21N7S. The molecule has 0 amide bonds. The summed E-state index contributed by atoms with van der Waals surface area (Å²) in [6, 6.07) is 12.5. The summed E-state index contributed by atoms with van der Waals surface area (Å²) in [5.74, 6) is 2.59. The van der Waals surface area contributed by atoms with Crippen molar-refractivity contribution in [2.75, 3.05) is 17.6 Å². The number of nitrogen functional groups attached to an aromatic ring is 1. The molecule has 1 saturated carbocycles. The van der Waals surface area contributed by atoms with Gasteiger partial charge >= 0.3 is 0 Å². The van der Waals surface area contributed by atoms with Crippen molar-refractivity contribution in [1.82, 2.24) is 20.2 Å². The van der Waals surface area contributed by atoms with Gasteiger partial charge in [-0.15, -0.1) is 11.3 Å². The summed E-state index contributed by atoms with van der Waals surface area (Å²) in [4.78, 5) is 10.8. The Bertz CT molecular complexity index is 1230. The Morgan fingerprint density at radius 1 is 1.23 bits per heavy atom. The maximum absolute atomic E-state index is 9.22. The highest BCUT2D eigenvalue weighted by atomic mass is 32.1. The van der Waals surface area contributed by atoms with E-state index in [2.05, 4.69) is 39.1 Å². The van der Waals surface area contributed by atoms with Gasteiger partial charge in [-0.05, 0) is 31.2 Å². The van der Waals surface area contributed by atoms with Crippen LogP contribution in [0.4, 0.5) is 11.6 Å². The van der Waals surface area contributed by atoms with Gasteiger partial charge in [-0.2, -0.15) is 10.4 Å². The largest absolute Gasteiger partial charge is 0.381 e. The van der Waals surface area contributed by atoms with Crippen LogP contribution in [0, 0.1) is 11.3 Å². The summed E-state index contributed by atoms with van der Waals surface area (Å²) in [5, 5.41) is 22.8. The zero-order chi connectivity index (χ0) is 20.5. The van der Waals surface area contributed by atoms with Crippen molar-refractivity contribution in [1.29, 1.82) is 5.26 Å². The average Bonchev–Trinajstić information content (AvgIpc) is 3.44. The molecule has 30 heavy (non-hydrogen) atoms. The van der Waals surface area contributed by atoms with Crippen LogP contribution in [0.3, 0.4) is 0 Å². The number of nitrogens with one attached hydrogen (secondary N) is 2. The Morgan fingerprint density at radius 3 is 2.83 bits per heavy atom. The number of aryl methyl sites for hydroxylation is 1. The SMILES string of the molecule is N#Cc1c(N)n[nH]c1CCCNc1nc(C2CC2)nc2scc(-c3ccccc3)c12. The molecule has 4 aromatic rings. The lowest BCUT2D eigenvalue weighted by Crippen LogP contribution is -2.08. The van der Waals surface area contributed by atoms with Crippen molar-refractivity contribution < 1.29 is 0 Å². The fourth-order valence-electron chi connectivity index (χ4n) is 3.61. The predicted octanol–water partition coefficient (Wildman–Crippen LogP) is 4.46. The van der Waals surface area contributed by atoms with Gasteiger partial charge in [-0.25, -0.2) is 9.97 Å². The average molecular weight is 416 g/mol. The molecule has 7 nitrogen and oxygen atoms in total. The predicted molar refractivity (Wildman–Crippen MR) is 119 cm³/mol. The molecule has 0 aliphatic heterocycles. The van der Waals surface area contributed by atoms with Crippen LogP contribution in [0.2, 0.25) is 0 Å².